The van der Waals surface area contributed by atoms with Crippen LogP contribution in [0, 0.1) is 5.82 Å². The SMILES string of the molecule is CCS(=O)(=O)c1cc(C(N)=O)c(O)cc1-c1c(C(=O)O)[nH]c2ccc(F)cc12. The molecule has 0 aliphatic heterocycles. The number of carbonyl (C=O) groups is 2. The Kier molecular flexibility index (Phi) is 4.59. The van der Waals surface area contributed by atoms with Crippen LogP contribution < -0.4 is 5.73 Å². The molecule has 0 aliphatic rings. The Morgan fingerprint density at radius 3 is 2.46 bits per heavy atom. The standard InChI is InChI=1S/C18H15FN2O6S/c1-2-28(26,27)14-7-10(17(20)23)13(22)6-11(14)15-9-5-8(19)3-4-12(9)21-16(15)18(24)25/h3-7,21-22H,2H2,1H3,(H2,20,23)(H,24,25). The molecule has 2 aromatic carbocycles. The third kappa shape index (κ3) is 3.07. The van der Waals surface area contributed by atoms with Gasteiger partial charge in [-0.25, -0.2) is 17.6 Å². The van der Waals surface area contributed by atoms with Crippen LogP contribution >= 0.6 is 0 Å². The molecule has 146 valence electrons. The zero-order chi connectivity index (χ0) is 20.8. The van der Waals surface area contributed by atoms with Crippen LogP contribution in [0.3, 0.4) is 0 Å². The van der Waals surface area contributed by atoms with E-state index >= 15 is 0 Å². The van der Waals surface area contributed by atoms with Crippen LogP contribution in [0.25, 0.3) is 22.0 Å². The van der Waals surface area contributed by atoms with E-state index in [4.69, 9.17) is 5.73 Å². The first-order valence-electron chi connectivity index (χ1n) is 8.01. The van der Waals surface area contributed by atoms with Crippen LogP contribution in [0.1, 0.15) is 27.8 Å². The number of nitrogens with one attached hydrogen (secondary N) is 1. The maximum Gasteiger partial charge on any atom is 0.352 e. The molecule has 3 aromatic rings. The number of nitrogens with two attached hydrogens (primary N) is 1. The number of H-pyrrole nitrogens is 1. The number of aromatic amines is 1. The molecule has 0 atom stereocenters. The van der Waals surface area contributed by atoms with Gasteiger partial charge in [0.15, 0.2) is 9.84 Å². The van der Waals surface area contributed by atoms with Gasteiger partial charge >= 0.3 is 5.97 Å². The molecule has 1 heterocycles. The van der Waals surface area contributed by atoms with Crippen LogP contribution in [0.4, 0.5) is 4.39 Å². The lowest BCUT2D eigenvalue weighted by Gasteiger charge is -2.13. The number of carboxylic acid groups (broad SMARTS) is 1. The topological polar surface area (TPSA) is 151 Å². The molecule has 8 nitrogen and oxygen atoms in total. The monoisotopic (exact) mass is 406 g/mol. The molecule has 0 saturated carbocycles. The molecule has 5 N–H and O–H groups in total. The second-order valence-electron chi connectivity index (χ2n) is 6.00. The summed E-state index contributed by atoms with van der Waals surface area (Å²) in [7, 11) is -3.97. The Morgan fingerprint density at radius 2 is 1.89 bits per heavy atom. The van der Waals surface area contributed by atoms with E-state index in [1.807, 2.05) is 0 Å². The molecule has 1 aromatic heterocycles. The van der Waals surface area contributed by atoms with Gasteiger partial charge in [0.2, 0.25) is 0 Å². The number of benzene rings is 2. The van der Waals surface area contributed by atoms with Gasteiger partial charge in [-0.3, -0.25) is 4.79 Å². The van der Waals surface area contributed by atoms with Crippen molar-refractivity contribution in [3.8, 4) is 16.9 Å². The number of hydrogen-bond donors (Lipinski definition) is 4. The van der Waals surface area contributed by atoms with E-state index in [-0.39, 0.29) is 33.5 Å². The molecule has 0 saturated heterocycles. The first kappa shape index (κ1) is 19.4. The Hall–Kier alpha value is -3.40. The van der Waals surface area contributed by atoms with Gasteiger partial charge in [0.25, 0.3) is 5.91 Å². The normalized spacial score (nSPS) is 11.6. The summed E-state index contributed by atoms with van der Waals surface area (Å²) in [4.78, 5) is 25.5. The van der Waals surface area contributed by atoms with E-state index in [0.717, 1.165) is 24.3 Å². The van der Waals surface area contributed by atoms with Gasteiger partial charge in [-0.15, -0.1) is 0 Å². The highest BCUT2D eigenvalue weighted by molar-refractivity contribution is 7.91. The molecule has 0 unspecified atom stereocenters. The molecular formula is C18H15FN2O6S. The number of rotatable bonds is 5. The molecule has 1 amide bonds. The van der Waals surface area contributed by atoms with Crippen molar-refractivity contribution < 1.29 is 32.6 Å². The first-order valence-corrected chi connectivity index (χ1v) is 9.66. The lowest BCUT2D eigenvalue weighted by Crippen LogP contribution is -2.14. The zero-order valence-electron chi connectivity index (χ0n) is 14.5. The number of aromatic nitrogens is 1. The van der Waals surface area contributed by atoms with Gasteiger partial charge in [-0.1, -0.05) is 6.92 Å². The zero-order valence-corrected chi connectivity index (χ0v) is 15.3. The molecule has 0 radical (unpaired) electrons. The lowest BCUT2D eigenvalue weighted by molar-refractivity contribution is 0.0692. The van der Waals surface area contributed by atoms with Crippen LogP contribution in [-0.2, 0) is 9.84 Å². The Morgan fingerprint density at radius 1 is 1.21 bits per heavy atom. The number of sulfone groups is 1. The third-order valence-corrected chi connectivity index (χ3v) is 6.09. The highest BCUT2D eigenvalue weighted by atomic mass is 32.2. The van der Waals surface area contributed by atoms with E-state index in [1.165, 1.54) is 13.0 Å². The quantitative estimate of drug-likeness (QED) is 0.510. The second kappa shape index (κ2) is 6.64. The number of carboxylic acids is 1. The van der Waals surface area contributed by atoms with Gasteiger partial charge in [0.05, 0.1) is 16.2 Å². The molecule has 0 fully saturated rings. The van der Waals surface area contributed by atoms with Crippen molar-refractivity contribution in [2.24, 2.45) is 5.73 Å². The van der Waals surface area contributed by atoms with Crippen molar-refractivity contribution in [2.75, 3.05) is 5.75 Å². The minimum atomic E-state index is -3.97. The molecule has 0 aliphatic carbocycles. The summed E-state index contributed by atoms with van der Waals surface area (Å²) in [5, 5.41) is 19.8. The molecule has 3 rings (SSSR count). The van der Waals surface area contributed by atoms with Crippen molar-refractivity contribution in [3.05, 3.63) is 47.4 Å². The summed E-state index contributed by atoms with van der Waals surface area (Å²) in [6, 6.07) is 5.32. The summed E-state index contributed by atoms with van der Waals surface area (Å²) >= 11 is 0. The van der Waals surface area contributed by atoms with Gasteiger partial charge in [0, 0.05) is 22.0 Å². The maximum absolute atomic E-state index is 13.8. The van der Waals surface area contributed by atoms with Gasteiger partial charge in [0.1, 0.15) is 17.3 Å². The maximum atomic E-state index is 13.8. The summed E-state index contributed by atoms with van der Waals surface area (Å²) in [5.74, 6) is -4.12. The van der Waals surface area contributed by atoms with Crippen molar-refractivity contribution in [1.82, 2.24) is 4.98 Å². The van der Waals surface area contributed by atoms with Crippen LogP contribution in [0.15, 0.2) is 35.2 Å². The van der Waals surface area contributed by atoms with E-state index < -0.39 is 43.7 Å². The van der Waals surface area contributed by atoms with Crippen LogP contribution in [0.5, 0.6) is 5.75 Å². The number of aromatic carboxylic acids is 1. The Balaban J connectivity index is 2.53. The molecule has 10 heteroatoms. The number of primary amides is 1. The van der Waals surface area contributed by atoms with Gasteiger partial charge in [-0.2, -0.15) is 0 Å². The van der Waals surface area contributed by atoms with Gasteiger partial charge in [-0.05, 0) is 30.3 Å². The van der Waals surface area contributed by atoms with Gasteiger partial charge < -0.3 is 20.9 Å². The number of carbonyl (C=O) groups excluding carboxylic acids is 1. The highest BCUT2D eigenvalue weighted by Crippen LogP contribution is 2.40. The number of halogens is 1. The van der Waals surface area contributed by atoms with E-state index in [0.29, 0.717) is 0 Å². The van der Waals surface area contributed by atoms with Crippen molar-refractivity contribution in [3.63, 3.8) is 0 Å². The average Bonchev–Trinajstić information content (AvgIpc) is 2.99. The van der Waals surface area contributed by atoms with E-state index in [9.17, 15) is 32.6 Å². The number of hydrogen-bond acceptors (Lipinski definition) is 5. The summed E-state index contributed by atoms with van der Waals surface area (Å²) in [5.41, 5.74) is 4.31. The largest absolute Gasteiger partial charge is 0.507 e. The summed E-state index contributed by atoms with van der Waals surface area (Å²) in [6.07, 6.45) is 0. The lowest BCUT2D eigenvalue weighted by atomic mass is 9.99. The average molecular weight is 406 g/mol. The fourth-order valence-corrected chi connectivity index (χ4v) is 4.08. The minimum absolute atomic E-state index is 0.108. The molecule has 0 bridgehead atoms. The molecule has 0 spiro atoms. The number of aromatic hydroxyl groups is 1. The third-order valence-electron chi connectivity index (χ3n) is 4.32. The first-order chi connectivity index (χ1) is 13.1. The second-order valence-corrected chi connectivity index (χ2v) is 8.25. The van der Waals surface area contributed by atoms with E-state index in [2.05, 4.69) is 4.98 Å². The van der Waals surface area contributed by atoms with E-state index in [1.54, 1.807) is 0 Å². The number of amides is 1. The number of phenols is 1. The van der Waals surface area contributed by atoms with Crippen LogP contribution in [-0.4, -0.2) is 41.2 Å². The van der Waals surface area contributed by atoms with Crippen molar-refractivity contribution in [1.29, 1.82) is 0 Å². The molecular weight excluding hydrogens is 391 g/mol. The Bertz CT molecular complexity index is 1250. The predicted octanol–water partition coefficient (Wildman–Crippen LogP) is 2.27. The van der Waals surface area contributed by atoms with Crippen LogP contribution in [0.2, 0.25) is 0 Å². The predicted molar refractivity (Wildman–Crippen MR) is 98.6 cm³/mol. The van der Waals surface area contributed by atoms with Crippen molar-refractivity contribution in [2.45, 2.75) is 11.8 Å². The fraction of sp³-hybridized carbons (Fsp3) is 0.111. The minimum Gasteiger partial charge on any atom is -0.507 e. The fourth-order valence-electron chi connectivity index (χ4n) is 2.98. The summed E-state index contributed by atoms with van der Waals surface area (Å²) < 4.78 is 39.0. The highest BCUT2D eigenvalue weighted by Gasteiger charge is 2.28. The van der Waals surface area contributed by atoms with Crippen molar-refractivity contribution >= 4 is 32.6 Å². The Labute approximate surface area is 158 Å². The summed E-state index contributed by atoms with van der Waals surface area (Å²) in [6.45, 7) is 1.36. The smallest absolute Gasteiger partial charge is 0.352 e. The number of fused-ring (bicyclic) bond motifs is 1. The molecule has 28 heavy (non-hydrogen) atoms.